The molecule has 0 spiro atoms. The first kappa shape index (κ1) is 24.3. The van der Waals surface area contributed by atoms with E-state index in [2.05, 4.69) is 0 Å². The molecule has 0 aromatic carbocycles. The van der Waals surface area contributed by atoms with Crippen LogP contribution < -0.4 is 0 Å². The van der Waals surface area contributed by atoms with Crippen molar-refractivity contribution in [3.8, 4) is 0 Å². The van der Waals surface area contributed by atoms with Crippen LogP contribution in [0.15, 0.2) is 0 Å². The summed E-state index contributed by atoms with van der Waals surface area (Å²) in [5.74, 6) is 0. The predicted molar refractivity (Wildman–Crippen MR) is 17.3 cm³/mol. The molecule has 4 heteroatoms. The zero-order valence-electron chi connectivity index (χ0n) is 2.23. The first-order chi connectivity index (χ1) is 0. The van der Waals surface area contributed by atoms with Crippen LogP contribution in [0.3, 0.4) is 0 Å². The average molecular weight is 757 g/mol. The van der Waals surface area contributed by atoms with Gasteiger partial charge in [0, 0.05) is 123 Å². The van der Waals surface area contributed by atoms with E-state index in [9.17, 15) is 0 Å². The van der Waals surface area contributed by atoms with Crippen molar-refractivity contribution in [2.45, 2.75) is 0 Å². The van der Waals surface area contributed by atoms with Crippen molar-refractivity contribution in [1.82, 2.24) is 0 Å². The maximum atomic E-state index is 0. The fourth-order valence-corrected chi connectivity index (χ4v) is 0. The number of hydrogen-bond acceptors (Lipinski definition) is 0. The molecule has 0 aromatic heterocycles. The molecule has 0 rings (SSSR count). The van der Waals surface area contributed by atoms with E-state index in [1.807, 2.05) is 0 Å². The van der Waals surface area contributed by atoms with Crippen LogP contribution in [0.5, 0.6) is 0 Å². The van der Waals surface area contributed by atoms with E-state index in [1.165, 1.54) is 0 Å². The van der Waals surface area contributed by atoms with E-state index < -0.39 is 0 Å². The molecule has 0 saturated heterocycles. The smallest absolute Gasteiger partial charge is 0 e. The molecule has 0 aliphatic rings. The van der Waals surface area contributed by atoms with E-state index >= 15 is 0 Å². The zero-order chi connectivity index (χ0) is 0. The van der Waals surface area contributed by atoms with Gasteiger partial charge in [-0.15, -0.1) is 0 Å². The largest absolute Gasteiger partial charge is 0 e. The van der Waals surface area contributed by atoms with E-state index in [-0.39, 0.29) is 123 Å². The fourth-order valence-electron chi connectivity index (χ4n) is 0. The topological polar surface area (TPSA) is 0 Å². The summed E-state index contributed by atoms with van der Waals surface area (Å²) in [5.41, 5.74) is 0. The van der Waals surface area contributed by atoms with Gasteiger partial charge in [0.1, 0.15) is 0 Å². The molecule has 0 amide bonds. The van der Waals surface area contributed by atoms with Crippen LogP contribution in [0.2, 0.25) is 0 Å². The van der Waals surface area contributed by atoms with Crippen LogP contribution >= 0.6 is 0 Å². The Morgan fingerprint density at radius 2 is 0.500 bits per heavy atom. The van der Waals surface area contributed by atoms with E-state index in [0.29, 0.717) is 0 Å². The Bertz CT molecular complexity index is 3.25. The SMILES string of the molecule is [Nd].[Tl].[Tl].[Tl]. The van der Waals surface area contributed by atoms with Gasteiger partial charge >= 0.3 is 0 Å². The van der Waals surface area contributed by atoms with Crippen molar-refractivity contribution in [1.29, 1.82) is 0 Å². The van der Waals surface area contributed by atoms with Crippen molar-refractivity contribution in [3.63, 3.8) is 0 Å². The molecule has 0 saturated carbocycles. The molecule has 0 aliphatic carbocycles. The second-order valence-corrected chi connectivity index (χ2v) is 0. The summed E-state index contributed by atoms with van der Waals surface area (Å²) < 4.78 is 0. The van der Waals surface area contributed by atoms with Gasteiger partial charge in [-0.05, 0) is 0 Å². The van der Waals surface area contributed by atoms with Crippen LogP contribution in [0, 0.1) is 40.8 Å². The zero-order valence-corrected chi connectivity index (χ0v) is 18.9. The Kier molecular flexibility index (Phi) is 95.3. The van der Waals surface area contributed by atoms with Gasteiger partial charge in [0.2, 0.25) is 0 Å². The van der Waals surface area contributed by atoms with Gasteiger partial charge in [-0.3, -0.25) is 0 Å². The van der Waals surface area contributed by atoms with E-state index in [0.717, 1.165) is 0 Å². The minimum atomic E-state index is 0. The Hall–Kier alpha value is 4.12. The van der Waals surface area contributed by atoms with Gasteiger partial charge in [-0.1, -0.05) is 0 Å². The normalized spacial score (nSPS) is 0. The Morgan fingerprint density at radius 1 is 0.500 bits per heavy atom. The van der Waals surface area contributed by atoms with Crippen LogP contribution in [-0.2, 0) is 0 Å². The van der Waals surface area contributed by atoms with Crippen LogP contribution in [0.1, 0.15) is 0 Å². The summed E-state index contributed by atoms with van der Waals surface area (Å²) >= 11 is 0. The van der Waals surface area contributed by atoms with Crippen LogP contribution in [0.25, 0.3) is 0 Å². The molecule has 0 aliphatic heterocycles. The van der Waals surface area contributed by atoms with Gasteiger partial charge < -0.3 is 0 Å². The van der Waals surface area contributed by atoms with Crippen LogP contribution in [0.4, 0.5) is 0 Å². The number of hydrogen-bond donors (Lipinski definition) is 0. The van der Waals surface area contributed by atoms with E-state index in [4.69, 9.17) is 0 Å². The predicted octanol–water partition coefficient (Wildman–Crippen LogP) is -1.14. The standard InChI is InChI=1S/Nd.3Tl. The van der Waals surface area contributed by atoms with Crippen molar-refractivity contribution in [3.05, 3.63) is 0 Å². The molecule has 0 heterocycles. The minimum absolute atomic E-state index is 0. The maximum absolute atomic E-state index is 0. The molecule has 4 heavy (non-hydrogen) atoms. The van der Waals surface area contributed by atoms with Crippen molar-refractivity contribution in [2.75, 3.05) is 0 Å². The summed E-state index contributed by atoms with van der Waals surface area (Å²) in [6, 6.07) is 0. The summed E-state index contributed by atoms with van der Waals surface area (Å²) in [6.45, 7) is 0. The molecule has 0 nitrogen and oxygen atoms in total. The van der Waals surface area contributed by atoms with Crippen molar-refractivity contribution < 1.29 is 40.8 Å². The second kappa shape index (κ2) is 15.7. The molecule has 0 atom stereocenters. The van der Waals surface area contributed by atoms with Gasteiger partial charge in [-0.2, -0.15) is 0 Å². The summed E-state index contributed by atoms with van der Waals surface area (Å²) in [5, 5.41) is 0. The molecule has 0 aromatic rings. The molecule has 0 N–H and O–H groups in total. The molecule has 13 valence electrons. The second-order valence-electron chi connectivity index (χ2n) is 0. The molecule has 0 bridgehead atoms. The average Bonchev–Trinajstić information content (AvgIpc) is 0. The van der Waals surface area contributed by atoms with Gasteiger partial charge in [0.15, 0.2) is 0 Å². The van der Waals surface area contributed by atoms with Gasteiger partial charge in [-0.25, -0.2) is 0 Å². The Balaban J connectivity index is 0. The molecular weight excluding hydrogens is 757 g/mol. The summed E-state index contributed by atoms with van der Waals surface area (Å²) in [6.07, 6.45) is 0. The summed E-state index contributed by atoms with van der Waals surface area (Å²) in [4.78, 5) is 0. The third kappa shape index (κ3) is 9.45. The van der Waals surface area contributed by atoms with Gasteiger partial charge in [0.05, 0.1) is 0 Å². The first-order valence-corrected chi connectivity index (χ1v) is 0. The monoisotopic (exact) mass is 757 g/mol. The van der Waals surface area contributed by atoms with Crippen molar-refractivity contribution in [2.24, 2.45) is 0 Å². The molecule has 3 radical (unpaired) electrons. The Morgan fingerprint density at radius 3 is 0.500 bits per heavy atom. The molecule has 0 unspecified atom stereocenters. The fraction of sp³-hybridized carbons (Fsp3) is 0. The van der Waals surface area contributed by atoms with Crippen molar-refractivity contribution >= 4 is 81.9 Å². The quantitative estimate of drug-likeness (QED) is 0.275. The Labute approximate surface area is 119 Å². The third-order valence-electron chi connectivity index (χ3n) is 0. The molecular formula is NdTl3. The minimum Gasteiger partial charge on any atom is 0 e. The maximum Gasteiger partial charge on any atom is 0 e. The van der Waals surface area contributed by atoms with Crippen LogP contribution in [-0.4, -0.2) is 81.9 Å². The third-order valence-corrected chi connectivity index (χ3v) is 0. The van der Waals surface area contributed by atoms with E-state index in [1.54, 1.807) is 0 Å². The first-order valence-electron chi connectivity index (χ1n) is 0. The molecule has 0 fully saturated rings. The number of rotatable bonds is 0. The van der Waals surface area contributed by atoms with Gasteiger partial charge in [0.25, 0.3) is 0 Å². The summed E-state index contributed by atoms with van der Waals surface area (Å²) in [7, 11) is 0.